The first-order valence-corrected chi connectivity index (χ1v) is 7.66. The number of benzene rings is 1. The molecule has 126 valence electrons. The molecular formula is C17H19N3O4. The number of hydrogen-bond donors (Lipinski definition) is 1. The minimum absolute atomic E-state index is 0.0927. The molecule has 2 heterocycles. The molecule has 1 aliphatic heterocycles. The van der Waals surface area contributed by atoms with Crippen LogP contribution in [-0.4, -0.2) is 47.3 Å². The Morgan fingerprint density at radius 2 is 2.00 bits per heavy atom. The van der Waals surface area contributed by atoms with Crippen LogP contribution in [0.25, 0.3) is 0 Å². The molecule has 7 nitrogen and oxygen atoms in total. The SMILES string of the molecule is COC(=O)C1(OC(=O)c2cncn2C(C)c2ccccc2)CNC1. The third kappa shape index (κ3) is 2.78. The zero-order valence-electron chi connectivity index (χ0n) is 13.6. The minimum Gasteiger partial charge on any atom is -0.466 e. The largest absolute Gasteiger partial charge is 0.466 e. The first-order valence-electron chi connectivity index (χ1n) is 7.66. The molecule has 0 radical (unpaired) electrons. The van der Waals surface area contributed by atoms with Crippen LogP contribution in [0.15, 0.2) is 42.9 Å². The maximum atomic E-state index is 12.6. The number of rotatable bonds is 5. The van der Waals surface area contributed by atoms with Gasteiger partial charge in [-0.15, -0.1) is 0 Å². The smallest absolute Gasteiger partial charge is 0.357 e. The van der Waals surface area contributed by atoms with E-state index in [0.717, 1.165) is 5.56 Å². The van der Waals surface area contributed by atoms with E-state index in [1.807, 2.05) is 37.3 Å². The van der Waals surface area contributed by atoms with E-state index in [1.54, 1.807) is 10.9 Å². The molecule has 0 bridgehead atoms. The Morgan fingerprint density at radius 3 is 2.58 bits per heavy atom. The second-order valence-corrected chi connectivity index (χ2v) is 5.75. The van der Waals surface area contributed by atoms with Crippen LogP contribution in [0, 0.1) is 0 Å². The van der Waals surface area contributed by atoms with Crippen LogP contribution in [0.4, 0.5) is 0 Å². The van der Waals surface area contributed by atoms with Crippen molar-refractivity contribution < 1.29 is 19.1 Å². The van der Waals surface area contributed by atoms with E-state index in [1.165, 1.54) is 13.3 Å². The van der Waals surface area contributed by atoms with Gasteiger partial charge in [-0.2, -0.15) is 0 Å². The van der Waals surface area contributed by atoms with E-state index in [-0.39, 0.29) is 19.1 Å². The molecule has 0 saturated carbocycles. The molecule has 0 amide bonds. The summed E-state index contributed by atoms with van der Waals surface area (Å²) < 4.78 is 11.9. The summed E-state index contributed by atoms with van der Waals surface area (Å²) in [6.07, 6.45) is 3.02. The number of carbonyl (C=O) groups is 2. The normalized spacial score (nSPS) is 16.8. The van der Waals surface area contributed by atoms with Crippen molar-refractivity contribution >= 4 is 11.9 Å². The van der Waals surface area contributed by atoms with Crippen molar-refractivity contribution in [2.75, 3.05) is 20.2 Å². The second kappa shape index (κ2) is 6.45. The Labute approximate surface area is 139 Å². The van der Waals surface area contributed by atoms with Crippen molar-refractivity contribution in [1.82, 2.24) is 14.9 Å². The average molecular weight is 329 g/mol. The van der Waals surface area contributed by atoms with E-state index < -0.39 is 17.5 Å². The molecular weight excluding hydrogens is 310 g/mol. The Kier molecular flexibility index (Phi) is 4.35. The molecule has 1 saturated heterocycles. The molecule has 1 aromatic heterocycles. The molecule has 24 heavy (non-hydrogen) atoms. The van der Waals surface area contributed by atoms with Gasteiger partial charge >= 0.3 is 11.9 Å². The average Bonchev–Trinajstić information content (AvgIpc) is 3.07. The zero-order valence-corrected chi connectivity index (χ0v) is 13.6. The lowest BCUT2D eigenvalue weighted by molar-refractivity contribution is -0.168. The van der Waals surface area contributed by atoms with E-state index in [4.69, 9.17) is 9.47 Å². The van der Waals surface area contributed by atoms with Crippen LogP contribution in [0.3, 0.4) is 0 Å². The van der Waals surface area contributed by atoms with Crippen LogP contribution >= 0.6 is 0 Å². The van der Waals surface area contributed by atoms with Crippen LogP contribution in [-0.2, 0) is 14.3 Å². The number of esters is 2. The lowest BCUT2D eigenvalue weighted by Gasteiger charge is -2.38. The highest BCUT2D eigenvalue weighted by atomic mass is 16.6. The van der Waals surface area contributed by atoms with Crippen molar-refractivity contribution in [3.63, 3.8) is 0 Å². The fourth-order valence-electron chi connectivity index (χ4n) is 2.69. The van der Waals surface area contributed by atoms with Gasteiger partial charge in [0.15, 0.2) is 0 Å². The van der Waals surface area contributed by atoms with Crippen LogP contribution in [0.1, 0.15) is 29.0 Å². The number of hydrogen-bond acceptors (Lipinski definition) is 6. The van der Waals surface area contributed by atoms with Crippen molar-refractivity contribution in [1.29, 1.82) is 0 Å². The summed E-state index contributed by atoms with van der Waals surface area (Å²) in [5.41, 5.74) is 0.0794. The highest BCUT2D eigenvalue weighted by Crippen LogP contribution is 2.24. The summed E-state index contributed by atoms with van der Waals surface area (Å²) in [6, 6.07) is 9.67. The molecule has 7 heteroatoms. The van der Waals surface area contributed by atoms with Gasteiger partial charge in [0.05, 0.1) is 25.7 Å². The quantitative estimate of drug-likeness (QED) is 0.829. The number of methoxy groups -OCH3 is 1. The summed E-state index contributed by atoms with van der Waals surface area (Å²) in [5, 5.41) is 2.93. The molecule has 1 atom stereocenters. The van der Waals surface area contributed by atoms with Crippen LogP contribution in [0.2, 0.25) is 0 Å². The van der Waals surface area contributed by atoms with Gasteiger partial charge in [-0.25, -0.2) is 14.6 Å². The molecule has 3 rings (SSSR count). The molecule has 1 aliphatic rings. The predicted octanol–water partition coefficient (Wildman–Crippen LogP) is 1.16. The fourth-order valence-corrected chi connectivity index (χ4v) is 2.69. The second-order valence-electron chi connectivity index (χ2n) is 5.75. The highest BCUT2D eigenvalue weighted by Gasteiger charge is 2.50. The van der Waals surface area contributed by atoms with Gasteiger partial charge in [0.2, 0.25) is 5.60 Å². The Bertz CT molecular complexity index is 737. The Hall–Kier alpha value is -2.67. The number of imidazole rings is 1. The zero-order chi connectivity index (χ0) is 17.2. The number of ether oxygens (including phenoxy) is 2. The first kappa shape index (κ1) is 16.2. The molecule has 1 N–H and O–H groups in total. The van der Waals surface area contributed by atoms with Crippen LogP contribution in [0.5, 0.6) is 0 Å². The lowest BCUT2D eigenvalue weighted by Crippen LogP contribution is -2.66. The third-order valence-corrected chi connectivity index (χ3v) is 4.24. The monoisotopic (exact) mass is 329 g/mol. The Morgan fingerprint density at radius 1 is 1.29 bits per heavy atom. The van der Waals surface area contributed by atoms with Gasteiger partial charge in [0, 0.05) is 13.1 Å². The van der Waals surface area contributed by atoms with Crippen molar-refractivity contribution in [2.24, 2.45) is 0 Å². The number of nitrogens with zero attached hydrogens (tertiary/aromatic N) is 2. The standard InChI is InChI=1S/C17H19N3O4/c1-12(13-6-4-3-5-7-13)20-11-18-8-14(20)15(21)24-17(9-19-10-17)16(22)23-2/h3-8,11-12,19H,9-10H2,1-2H3. The maximum Gasteiger partial charge on any atom is 0.357 e. The summed E-state index contributed by atoms with van der Waals surface area (Å²) in [7, 11) is 1.28. The Balaban J connectivity index is 1.82. The molecule has 1 unspecified atom stereocenters. The minimum atomic E-state index is -1.25. The van der Waals surface area contributed by atoms with E-state index >= 15 is 0 Å². The van der Waals surface area contributed by atoms with Crippen LogP contribution < -0.4 is 5.32 Å². The summed E-state index contributed by atoms with van der Waals surface area (Å²) in [5.74, 6) is -1.15. The predicted molar refractivity (Wildman–Crippen MR) is 85.5 cm³/mol. The lowest BCUT2D eigenvalue weighted by atomic mass is 9.97. The van der Waals surface area contributed by atoms with E-state index in [9.17, 15) is 9.59 Å². The number of aromatic nitrogens is 2. The first-order chi connectivity index (χ1) is 11.6. The van der Waals surface area contributed by atoms with Gasteiger partial charge in [0.25, 0.3) is 0 Å². The molecule has 0 aliphatic carbocycles. The van der Waals surface area contributed by atoms with Crippen molar-refractivity contribution in [2.45, 2.75) is 18.6 Å². The van der Waals surface area contributed by atoms with Gasteiger partial charge in [-0.1, -0.05) is 30.3 Å². The highest BCUT2D eigenvalue weighted by molar-refractivity contribution is 5.92. The van der Waals surface area contributed by atoms with Crippen molar-refractivity contribution in [3.8, 4) is 0 Å². The molecule has 1 aromatic carbocycles. The van der Waals surface area contributed by atoms with Gasteiger partial charge in [-0.3, -0.25) is 0 Å². The van der Waals surface area contributed by atoms with E-state index in [2.05, 4.69) is 10.3 Å². The maximum absolute atomic E-state index is 12.6. The van der Waals surface area contributed by atoms with Gasteiger partial charge in [-0.05, 0) is 12.5 Å². The molecule has 0 spiro atoms. The topological polar surface area (TPSA) is 82.5 Å². The number of nitrogens with one attached hydrogen (secondary N) is 1. The summed E-state index contributed by atoms with van der Waals surface area (Å²) >= 11 is 0. The van der Waals surface area contributed by atoms with E-state index in [0.29, 0.717) is 5.69 Å². The third-order valence-electron chi connectivity index (χ3n) is 4.24. The van der Waals surface area contributed by atoms with Gasteiger partial charge < -0.3 is 19.4 Å². The summed E-state index contributed by atoms with van der Waals surface area (Å²) in [6.45, 7) is 2.45. The van der Waals surface area contributed by atoms with Crippen molar-refractivity contribution in [3.05, 3.63) is 54.1 Å². The van der Waals surface area contributed by atoms with Gasteiger partial charge in [0.1, 0.15) is 5.69 Å². The number of carbonyl (C=O) groups excluding carboxylic acids is 2. The fraction of sp³-hybridized carbons (Fsp3) is 0.353. The molecule has 2 aromatic rings. The summed E-state index contributed by atoms with van der Waals surface area (Å²) in [4.78, 5) is 28.5. The molecule has 1 fully saturated rings.